The molecule has 0 radical (unpaired) electrons. The van der Waals surface area contributed by atoms with Crippen molar-refractivity contribution in [3.05, 3.63) is 0 Å². The average Bonchev–Trinajstić information content (AvgIpc) is 0.834. The minimum Gasteiger partial charge on any atom is -0.458 e. The van der Waals surface area contributed by atoms with E-state index >= 15 is 4.79 Å². The summed E-state index contributed by atoms with van der Waals surface area (Å²) in [7, 11) is 0. The van der Waals surface area contributed by atoms with E-state index in [4.69, 9.17) is 33.4 Å². The Labute approximate surface area is 780 Å². The highest BCUT2D eigenvalue weighted by Crippen LogP contribution is 2.20. The summed E-state index contributed by atoms with van der Waals surface area (Å²) in [5.41, 5.74) is 28.9. The zero-order valence-electron chi connectivity index (χ0n) is 82.1. The summed E-state index contributed by atoms with van der Waals surface area (Å²) in [4.78, 5) is 249. The van der Waals surface area contributed by atoms with Gasteiger partial charge in [-0.25, -0.2) is 4.79 Å². The number of esters is 1. The van der Waals surface area contributed by atoms with Crippen molar-refractivity contribution in [2.24, 2.45) is 86.9 Å². The van der Waals surface area contributed by atoms with Crippen LogP contribution in [0, 0.1) is 53.3 Å². The number of carbonyl (C=O) groups is 17. The number of nitrogens with two attached hydrogens (primary N) is 5. The largest absolute Gasteiger partial charge is 0.458 e. The smallest absolute Gasteiger partial charge is 0.328 e. The van der Waals surface area contributed by atoms with Gasteiger partial charge in [0, 0.05) is 6.54 Å². The second-order valence-electron chi connectivity index (χ2n) is 38.3. The monoisotopic (exact) mass is 1880 g/mol. The highest BCUT2D eigenvalue weighted by molar-refractivity contribution is 6.01. The Morgan fingerprint density at radius 2 is 0.735 bits per heavy atom. The number of nitrogens with zero attached hydrogens (tertiary/aromatic N) is 1. The van der Waals surface area contributed by atoms with Crippen molar-refractivity contribution in [1.29, 1.82) is 0 Å². The van der Waals surface area contributed by atoms with Crippen molar-refractivity contribution in [3.8, 4) is 0 Å². The molecule has 0 aromatic rings. The first kappa shape index (κ1) is 120. The van der Waals surface area contributed by atoms with Gasteiger partial charge in [0.15, 0.2) is 12.1 Å². The summed E-state index contributed by atoms with van der Waals surface area (Å²) in [6.45, 7) is 35.6. The van der Waals surface area contributed by atoms with Crippen LogP contribution in [0.3, 0.4) is 0 Å². The molecule has 0 spiro atoms. The number of carbonyl (C=O) groups excluding carboxylic acids is 17. The fourth-order valence-corrected chi connectivity index (χ4v) is 14.5. The SMILES string of the molecule is CC[C@H](C)[C@H](NC(=O)[C@H](CC(C)C)NC(=O)[C@H](CC(C)C)NC(=O)[C@@H](C)NC(=O)[C@H](CC(C)C)NC(=O)[C@H](O)CO)C(=O)N[C@H](CCCN=C(N)N)C(=O)N[C@H](CC(C)C)C(=O)N[C@@H](CC(C)C)C(=O)N[C@@H](C(=O)N[C@@H](CCCCN)C(=O)N[C@H](CC(C)C)C(=O)N[C@@H]1C(=O)N[C@H](CC(C)C)C(=O)N[C@H](C)C(=O)N[C@@H](CCCCN)C(=O)N[C@@H](CCCCN)C(=O)O[C@H]1C)C(C)C. The molecule has 42 heteroatoms. The Morgan fingerprint density at radius 3 is 1.14 bits per heavy atom. The van der Waals surface area contributed by atoms with E-state index in [1.807, 2.05) is 0 Å². The zero-order valence-corrected chi connectivity index (χ0v) is 82.1. The topological polar surface area (TPSA) is 675 Å². The van der Waals surface area contributed by atoms with Gasteiger partial charge in [-0.1, -0.05) is 131 Å². The number of unbranched alkanes of at least 4 members (excludes halogenated alkanes) is 3. The van der Waals surface area contributed by atoms with Gasteiger partial charge in [0.2, 0.25) is 88.6 Å². The molecule has 42 nitrogen and oxygen atoms in total. The van der Waals surface area contributed by atoms with Crippen molar-refractivity contribution in [1.82, 2.24) is 85.1 Å². The van der Waals surface area contributed by atoms with E-state index in [0.717, 1.165) is 0 Å². The highest BCUT2D eigenvalue weighted by Gasteiger charge is 2.43. The van der Waals surface area contributed by atoms with Crippen LogP contribution in [0.1, 0.15) is 267 Å². The van der Waals surface area contributed by atoms with Gasteiger partial charge < -0.3 is 129 Å². The lowest BCUT2D eigenvalue weighted by atomic mass is 9.95. The Balaban J connectivity index is 3.89. The predicted molar refractivity (Wildman–Crippen MR) is 500 cm³/mol. The Morgan fingerprint density at radius 1 is 0.386 bits per heavy atom. The number of cyclic esters (lactones) is 1. The van der Waals surface area contributed by atoms with Gasteiger partial charge in [-0.3, -0.25) is 81.7 Å². The van der Waals surface area contributed by atoms with Crippen molar-refractivity contribution in [2.75, 3.05) is 32.8 Å². The summed E-state index contributed by atoms with van der Waals surface area (Å²) in [6, 6.07) is -21.8. The van der Waals surface area contributed by atoms with Gasteiger partial charge in [0.1, 0.15) is 103 Å². The van der Waals surface area contributed by atoms with Gasteiger partial charge >= 0.3 is 5.97 Å². The van der Waals surface area contributed by atoms with E-state index in [-0.39, 0.29) is 150 Å². The third-order valence-electron chi connectivity index (χ3n) is 22.0. The van der Waals surface area contributed by atoms with Gasteiger partial charge in [0.05, 0.1) is 6.61 Å². The fraction of sp³-hybridized carbons (Fsp3) is 0.800. The minimum atomic E-state index is -1.81. The zero-order chi connectivity index (χ0) is 101. The van der Waals surface area contributed by atoms with Crippen LogP contribution in [0.2, 0.25) is 0 Å². The lowest BCUT2D eigenvalue weighted by Crippen LogP contribution is -2.63. The first-order valence-electron chi connectivity index (χ1n) is 47.3. The van der Waals surface area contributed by atoms with Crippen LogP contribution in [0.15, 0.2) is 4.99 Å². The molecule has 0 aliphatic carbocycles. The second kappa shape index (κ2) is 62.5. The molecule has 0 unspecified atom stereocenters. The summed E-state index contributed by atoms with van der Waals surface area (Å²) < 4.78 is 5.96. The molecule has 1 heterocycles. The van der Waals surface area contributed by atoms with E-state index in [9.17, 15) is 86.9 Å². The number of hydrogen-bond acceptors (Lipinski definition) is 24. The number of aliphatic hydroxyl groups is 2. The lowest BCUT2D eigenvalue weighted by molar-refractivity contribution is -0.156. The van der Waals surface area contributed by atoms with Crippen molar-refractivity contribution >= 4 is 106 Å². The molecule has 0 saturated carbocycles. The summed E-state index contributed by atoms with van der Waals surface area (Å²) in [5.74, 6) is -17.7. The number of ether oxygens (including phenoxy) is 1. The number of rotatable bonds is 58. The van der Waals surface area contributed by atoms with E-state index in [1.54, 1.807) is 125 Å². The maximum atomic E-state index is 15.0. The van der Waals surface area contributed by atoms with Crippen LogP contribution >= 0.6 is 0 Å². The number of amides is 16. The molecule has 132 heavy (non-hydrogen) atoms. The fourth-order valence-electron chi connectivity index (χ4n) is 14.5. The van der Waals surface area contributed by atoms with Crippen LogP contribution in [0.25, 0.3) is 0 Å². The number of aliphatic hydroxyl groups excluding tert-OH is 2. The Hall–Kier alpha value is -9.94. The van der Waals surface area contributed by atoms with Gasteiger partial charge in [-0.2, -0.15) is 0 Å². The predicted octanol–water partition coefficient (Wildman–Crippen LogP) is -1.45. The van der Waals surface area contributed by atoms with Crippen LogP contribution in [0.4, 0.5) is 0 Å². The Kier molecular flexibility index (Phi) is 56.9. The standard InChI is InChI=1S/C90H166N22O20/c1-22-54(18)71(111-83(125)67(43-51(12)13)107-80(122)64(40-48(6)7)103-74(116)56(20)98-78(120)62(38-46(2)3)108-85(127)69(114)45-113)87(129)101-60(33-29-37-96-90(94)95)77(119)104-65(41-49(8)9)81(123)106-66(42-50(10)11)82(124)110-70(53(16)17)86(128)100-59(31-24-27-35-92)76(118)105-68(44-52(14)15)84(126)112-72-57(21)132-89(131)61(32-25-28-36-93)102-75(117)58(30-23-26-34-91)99-73(115)55(19)97-79(121)63(39-47(4)5)109-88(72)130/h46-72,113-114H,22-45,91-93H2,1-21H3,(H,97,121)(H,98,120)(H,99,115)(H,100,128)(H,101,129)(H,102,117)(H,103,116)(H,104,119)(H,105,118)(H,106,123)(H,107,122)(H,108,127)(H,109,130)(H,110,124)(H,111,125)(H,112,126)(H4,94,95,96)/t54-,55+,56+,57-,58-,59-,60+,61-,62-,63+,64-,65+,66-,67-,68+,69+,70+,71-,72-/m0/s1. The normalized spacial score (nSPS) is 19.5. The molecule has 28 N–H and O–H groups in total. The Bertz CT molecular complexity index is 3710. The van der Waals surface area contributed by atoms with Crippen LogP contribution in [0.5, 0.6) is 0 Å². The molecule has 1 aliphatic rings. The molecule has 16 amide bonds. The molecule has 1 aliphatic heterocycles. The molecule has 0 aromatic heterocycles. The van der Waals surface area contributed by atoms with E-state index in [0.29, 0.717) is 45.1 Å². The number of nitrogens with one attached hydrogen (secondary N) is 16. The van der Waals surface area contributed by atoms with Crippen molar-refractivity contribution in [3.63, 3.8) is 0 Å². The molecule has 0 bridgehead atoms. The van der Waals surface area contributed by atoms with E-state index < -0.39 is 228 Å². The number of hydrogen-bond donors (Lipinski definition) is 23. The maximum Gasteiger partial charge on any atom is 0.328 e. The average molecular weight is 1880 g/mol. The summed E-state index contributed by atoms with van der Waals surface area (Å²) in [5, 5.41) is 62.4. The van der Waals surface area contributed by atoms with E-state index in [1.165, 1.54) is 20.8 Å². The maximum absolute atomic E-state index is 15.0. The molecule has 756 valence electrons. The van der Waals surface area contributed by atoms with Crippen molar-refractivity contribution < 1.29 is 96.5 Å². The second-order valence-corrected chi connectivity index (χ2v) is 38.3. The first-order valence-corrected chi connectivity index (χ1v) is 47.3. The molecule has 1 rings (SSSR count). The molecule has 0 aromatic carbocycles. The van der Waals surface area contributed by atoms with Crippen molar-refractivity contribution in [2.45, 2.75) is 376 Å². The molecular weight excluding hydrogens is 1710 g/mol. The lowest BCUT2D eigenvalue weighted by Gasteiger charge is -2.32. The molecule has 19 atom stereocenters. The quantitative estimate of drug-likeness (QED) is 0.0143. The van der Waals surface area contributed by atoms with Crippen LogP contribution in [-0.2, 0) is 86.2 Å². The molecule has 1 fully saturated rings. The molecule has 1 saturated heterocycles. The number of aliphatic imine (C=N–C) groups is 1. The third-order valence-corrected chi connectivity index (χ3v) is 22.0. The summed E-state index contributed by atoms with van der Waals surface area (Å²) in [6.07, 6.45) is -0.510. The highest BCUT2D eigenvalue weighted by atomic mass is 16.5. The third kappa shape index (κ3) is 46.1. The van der Waals surface area contributed by atoms with Gasteiger partial charge in [-0.05, 0) is 209 Å². The van der Waals surface area contributed by atoms with E-state index in [2.05, 4.69) is 90.1 Å². The van der Waals surface area contributed by atoms with Crippen LogP contribution < -0.4 is 114 Å². The number of guanidine groups is 1. The minimum absolute atomic E-state index is 0.00832. The summed E-state index contributed by atoms with van der Waals surface area (Å²) >= 11 is 0. The van der Waals surface area contributed by atoms with Gasteiger partial charge in [0.25, 0.3) is 5.91 Å². The molecular formula is C90H166N22O20. The van der Waals surface area contributed by atoms with Crippen LogP contribution in [-0.4, -0.2) is 258 Å². The first-order chi connectivity index (χ1) is 61.7. The van der Waals surface area contributed by atoms with Gasteiger partial charge in [-0.15, -0.1) is 0 Å².